The maximum atomic E-state index is 13.0. The Morgan fingerprint density at radius 2 is 2.00 bits per heavy atom. The summed E-state index contributed by atoms with van der Waals surface area (Å²) in [5.74, 6) is 1.28. The van der Waals surface area contributed by atoms with Gasteiger partial charge in [0.05, 0.1) is 30.3 Å². The first-order valence-electron chi connectivity index (χ1n) is 13.0. The number of nitrogens with one attached hydrogen (secondary N) is 1. The quantitative estimate of drug-likeness (QED) is 0.541. The third-order valence-electron chi connectivity index (χ3n) is 7.99. The highest BCUT2D eigenvalue weighted by atomic mass is 16.5. The fourth-order valence-corrected chi connectivity index (χ4v) is 6.09. The number of anilines is 1. The van der Waals surface area contributed by atoms with E-state index in [4.69, 9.17) is 4.74 Å². The second-order valence-electron chi connectivity index (χ2n) is 10.4. The molecule has 1 aliphatic carbocycles. The number of nitrogens with zero attached hydrogens (tertiary/aromatic N) is 4. The van der Waals surface area contributed by atoms with E-state index in [0.29, 0.717) is 28.5 Å². The fourth-order valence-electron chi connectivity index (χ4n) is 6.09. The Morgan fingerprint density at radius 3 is 2.70 bits per heavy atom. The van der Waals surface area contributed by atoms with E-state index in [9.17, 15) is 14.9 Å². The second kappa shape index (κ2) is 10.3. The summed E-state index contributed by atoms with van der Waals surface area (Å²) in [6, 6.07) is 8.64. The molecule has 2 fully saturated rings. The number of pyridine rings is 1. The van der Waals surface area contributed by atoms with Crippen LogP contribution in [0.15, 0.2) is 36.7 Å². The van der Waals surface area contributed by atoms with Gasteiger partial charge in [-0.1, -0.05) is 25.8 Å². The van der Waals surface area contributed by atoms with E-state index in [1.807, 2.05) is 11.6 Å². The molecule has 0 spiro atoms. The molecular weight excluding hydrogens is 466 g/mol. The molecule has 0 bridgehead atoms. The van der Waals surface area contributed by atoms with E-state index in [-0.39, 0.29) is 23.7 Å². The Kier molecular flexibility index (Phi) is 6.88. The average Bonchev–Trinajstić information content (AvgIpc) is 3.57. The predicted molar refractivity (Wildman–Crippen MR) is 141 cm³/mol. The number of aryl methyl sites for hydroxylation is 1. The molecule has 3 aromatic rings. The first-order chi connectivity index (χ1) is 17.9. The van der Waals surface area contributed by atoms with Gasteiger partial charge in [0.1, 0.15) is 11.3 Å². The summed E-state index contributed by atoms with van der Waals surface area (Å²) in [5, 5.41) is 13.0. The number of benzene rings is 1. The van der Waals surface area contributed by atoms with E-state index in [1.54, 1.807) is 37.6 Å². The normalized spacial score (nSPS) is 20.1. The molecule has 1 N–H and O–H groups in total. The van der Waals surface area contributed by atoms with Crippen LogP contribution < -0.4 is 10.1 Å². The first-order valence-corrected chi connectivity index (χ1v) is 13.0. The van der Waals surface area contributed by atoms with Crippen LogP contribution in [0.4, 0.5) is 5.69 Å². The summed E-state index contributed by atoms with van der Waals surface area (Å²) in [6.07, 6.45) is 8.96. The summed E-state index contributed by atoms with van der Waals surface area (Å²) < 4.78 is 7.86. The van der Waals surface area contributed by atoms with E-state index in [1.165, 1.54) is 0 Å². The van der Waals surface area contributed by atoms with E-state index in [2.05, 4.69) is 34.4 Å². The number of piperidine rings is 1. The van der Waals surface area contributed by atoms with Crippen molar-refractivity contribution in [3.63, 3.8) is 0 Å². The van der Waals surface area contributed by atoms with Crippen molar-refractivity contribution in [2.45, 2.75) is 44.9 Å². The number of likely N-dealkylation sites (tertiary alicyclic amines) is 1. The van der Waals surface area contributed by atoms with Crippen LogP contribution in [0, 0.1) is 23.2 Å². The SMILES string of the molecule is COc1c(NC(=O)c2cccc(C#N)c2)cnc2c1c([C@H]1CCN(C(=O)C3CCCC3)C[C@H]1C)cn2C. The van der Waals surface area contributed by atoms with Gasteiger partial charge in [-0.25, -0.2) is 4.98 Å². The molecule has 8 heteroatoms. The molecule has 1 aliphatic heterocycles. The molecule has 8 nitrogen and oxygen atoms in total. The summed E-state index contributed by atoms with van der Waals surface area (Å²) >= 11 is 0. The zero-order chi connectivity index (χ0) is 26.1. The van der Waals surface area contributed by atoms with Crippen LogP contribution in [0.3, 0.4) is 0 Å². The molecule has 1 saturated heterocycles. The van der Waals surface area contributed by atoms with E-state index < -0.39 is 0 Å². The van der Waals surface area contributed by atoms with Crippen molar-refractivity contribution in [1.82, 2.24) is 14.5 Å². The number of fused-ring (bicyclic) bond motifs is 1. The van der Waals surface area contributed by atoms with Gasteiger partial charge in [-0.15, -0.1) is 0 Å². The van der Waals surface area contributed by atoms with Crippen molar-refractivity contribution >= 4 is 28.5 Å². The van der Waals surface area contributed by atoms with Gasteiger partial charge in [-0.05, 0) is 54.9 Å². The minimum absolute atomic E-state index is 0.200. The lowest BCUT2D eigenvalue weighted by molar-refractivity contribution is -0.137. The Labute approximate surface area is 217 Å². The number of ether oxygens (including phenoxy) is 1. The highest BCUT2D eigenvalue weighted by Gasteiger charge is 2.35. The molecule has 2 aliphatic rings. The Balaban J connectivity index is 1.44. The van der Waals surface area contributed by atoms with Crippen LogP contribution in [0.2, 0.25) is 0 Å². The van der Waals surface area contributed by atoms with Crippen LogP contribution >= 0.6 is 0 Å². The molecule has 3 heterocycles. The van der Waals surface area contributed by atoms with Gasteiger partial charge < -0.3 is 19.5 Å². The van der Waals surface area contributed by atoms with Crippen molar-refractivity contribution in [2.75, 3.05) is 25.5 Å². The number of hydrogen-bond acceptors (Lipinski definition) is 5. The molecule has 0 radical (unpaired) electrons. The van der Waals surface area contributed by atoms with Gasteiger partial charge in [0.2, 0.25) is 5.91 Å². The van der Waals surface area contributed by atoms with Crippen molar-refractivity contribution in [3.8, 4) is 11.8 Å². The predicted octanol–water partition coefficient (Wildman–Crippen LogP) is 4.85. The highest BCUT2D eigenvalue weighted by molar-refractivity contribution is 6.07. The topological polar surface area (TPSA) is 100 Å². The van der Waals surface area contributed by atoms with Gasteiger partial charge >= 0.3 is 0 Å². The van der Waals surface area contributed by atoms with Gasteiger partial charge in [-0.3, -0.25) is 9.59 Å². The minimum atomic E-state index is -0.332. The number of nitriles is 1. The molecule has 192 valence electrons. The number of carbonyl (C=O) groups is 2. The number of hydrogen-bond donors (Lipinski definition) is 1. The molecule has 0 unspecified atom stereocenters. The fraction of sp³-hybridized carbons (Fsp3) is 0.448. The lowest BCUT2D eigenvalue weighted by Gasteiger charge is -2.38. The van der Waals surface area contributed by atoms with Crippen LogP contribution in [0.25, 0.3) is 11.0 Å². The summed E-state index contributed by atoms with van der Waals surface area (Å²) in [5.41, 5.74) is 3.21. The van der Waals surface area contributed by atoms with Crippen LogP contribution in [0.1, 0.15) is 66.4 Å². The van der Waals surface area contributed by atoms with Crippen LogP contribution in [-0.4, -0.2) is 46.5 Å². The summed E-state index contributed by atoms with van der Waals surface area (Å²) in [6.45, 7) is 3.71. The van der Waals surface area contributed by atoms with Crippen LogP contribution in [0.5, 0.6) is 5.75 Å². The van der Waals surface area contributed by atoms with Gasteiger partial charge in [-0.2, -0.15) is 5.26 Å². The number of carbonyl (C=O) groups excluding carboxylic acids is 2. The molecule has 2 aromatic heterocycles. The lowest BCUT2D eigenvalue weighted by atomic mass is 9.81. The third kappa shape index (κ3) is 4.66. The molecule has 2 amide bonds. The van der Waals surface area contributed by atoms with Crippen molar-refractivity contribution < 1.29 is 14.3 Å². The summed E-state index contributed by atoms with van der Waals surface area (Å²) in [4.78, 5) is 32.8. The zero-order valence-electron chi connectivity index (χ0n) is 21.7. The molecule has 1 saturated carbocycles. The molecule has 5 rings (SSSR count). The van der Waals surface area contributed by atoms with E-state index >= 15 is 0 Å². The summed E-state index contributed by atoms with van der Waals surface area (Å²) in [7, 11) is 3.57. The van der Waals surface area contributed by atoms with Crippen molar-refractivity contribution in [1.29, 1.82) is 5.26 Å². The number of amides is 2. The minimum Gasteiger partial charge on any atom is -0.494 e. The number of rotatable bonds is 5. The van der Waals surface area contributed by atoms with Crippen molar-refractivity contribution in [2.24, 2.45) is 18.9 Å². The highest BCUT2D eigenvalue weighted by Crippen LogP contribution is 2.43. The Morgan fingerprint density at radius 1 is 1.22 bits per heavy atom. The molecule has 1 aromatic carbocycles. The smallest absolute Gasteiger partial charge is 0.255 e. The maximum Gasteiger partial charge on any atom is 0.255 e. The molecule has 2 atom stereocenters. The maximum absolute atomic E-state index is 13.0. The first kappa shape index (κ1) is 24.8. The number of aromatic nitrogens is 2. The Bertz CT molecular complexity index is 1380. The molecular formula is C29H33N5O3. The van der Waals surface area contributed by atoms with E-state index in [0.717, 1.165) is 61.8 Å². The van der Waals surface area contributed by atoms with Crippen LogP contribution in [-0.2, 0) is 11.8 Å². The lowest BCUT2D eigenvalue weighted by Crippen LogP contribution is -2.44. The number of methoxy groups -OCH3 is 1. The monoisotopic (exact) mass is 499 g/mol. The van der Waals surface area contributed by atoms with Gasteiger partial charge in [0.25, 0.3) is 5.91 Å². The largest absolute Gasteiger partial charge is 0.494 e. The molecule has 37 heavy (non-hydrogen) atoms. The third-order valence-corrected chi connectivity index (χ3v) is 7.99. The Hall–Kier alpha value is -3.86. The second-order valence-corrected chi connectivity index (χ2v) is 10.4. The average molecular weight is 500 g/mol. The van der Waals surface area contributed by atoms with Crippen molar-refractivity contribution in [3.05, 3.63) is 53.3 Å². The zero-order valence-corrected chi connectivity index (χ0v) is 21.7. The van der Waals surface area contributed by atoms with Gasteiger partial charge in [0, 0.05) is 37.8 Å². The van der Waals surface area contributed by atoms with Gasteiger partial charge in [0.15, 0.2) is 5.75 Å². The standard InChI is InChI=1S/C29H33N5O3/c1-18-16-34(29(36)20-8-4-5-9-20)12-11-22(18)23-17-33(2)27-25(23)26(37-3)24(15-31-27)32-28(35)21-10-6-7-19(13-21)14-30/h6-7,10,13,15,17-18,20,22H,4-5,8-9,11-12,16H2,1-3H3,(H,32,35)/t18-,22+/m1/s1.